The molecule has 1 aliphatic heterocycles. The molecule has 0 unspecified atom stereocenters. The zero-order valence-electron chi connectivity index (χ0n) is 4.09. The fourth-order valence-electron chi connectivity index (χ4n) is 0.303. The standard InChI is InChI=1S/C4H2O3.Pb.2H/c5-3-1-2-4(6)7-3;;;/h1-2H;;;. The average molecular weight is 307 g/mol. The van der Waals surface area contributed by atoms with Gasteiger partial charge in [0, 0.05) is 12.2 Å². The Bertz CT molecular complexity index is 133. The first kappa shape index (κ1) is 7.80. The Morgan fingerprint density at radius 1 is 1.12 bits per heavy atom. The monoisotopic (exact) mass is 308 g/mol. The molecule has 8 heavy (non-hydrogen) atoms. The topological polar surface area (TPSA) is 43.4 Å². The molecule has 42 valence electrons. The van der Waals surface area contributed by atoms with Crippen molar-refractivity contribution >= 4 is 39.2 Å². The molecule has 4 heteroatoms. The summed E-state index contributed by atoms with van der Waals surface area (Å²) in [6, 6.07) is 0. The van der Waals surface area contributed by atoms with Crippen molar-refractivity contribution in [2.75, 3.05) is 0 Å². The molecule has 0 aromatic rings. The number of hydrogen-bond donors (Lipinski definition) is 0. The van der Waals surface area contributed by atoms with Crippen molar-refractivity contribution in [1.82, 2.24) is 0 Å². The van der Waals surface area contributed by atoms with Crippen LogP contribution in [-0.4, -0.2) is 39.2 Å². The zero-order valence-corrected chi connectivity index (χ0v) is 9.58. The molecule has 1 rings (SSSR count). The van der Waals surface area contributed by atoms with Crippen molar-refractivity contribution in [2.45, 2.75) is 0 Å². The van der Waals surface area contributed by atoms with Gasteiger partial charge in [0.25, 0.3) is 0 Å². The summed E-state index contributed by atoms with van der Waals surface area (Å²) >= 11 is 0. The van der Waals surface area contributed by atoms with Crippen LogP contribution in [0.5, 0.6) is 0 Å². The molecule has 0 saturated carbocycles. The van der Waals surface area contributed by atoms with Gasteiger partial charge >= 0.3 is 39.2 Å². The number of hydrogen-bond acceptors (Lipinski definition) is 3. The normalized spacial score (nSPS) is 15.5. The molecule has 0 aliphatic carbocycles. The minimum absolute atomic E-state index is 0. The Labute approximate surface area is 65.9 Å². The summed E-state index contributed by atoms with van der Waals surface area (Å²) < 4.78 is 3.97. The van der Waals surface area contributed by atoms with Gasteiger partial charge in [-0.2, -0.15) is 0 Å². The fourth-order valence-corrected chi connectivity index (χ4v) is 0.303. The number of cyclic esters (lactones) is 2. The van der Waals surface area contributed by atoms with Crippen LogP contribution in [0.3, 0.4) is 0 Å². The Balaban J connectivity index is 0.000000490. The van der Waals surface area contributed by atoms with Crippen molar-refractivity contribution in [3.05, 3.63) is 12.2 Å². The summed E-state index contributed by atoms with van der Waals surface area (Å²) in [7, 11) is 0. The number of esters is 2. The summed E-state index contributed by atoms with van der Waals surface area (Å²) in [5.41, 5.74) is 0. The van der Waals surface area contributed by atoms with Gasteiger partial charge in [0.1, 0.15) is 0 Å². The van der Waals surface area contributed by atoms with Crippen molar-refractivity contribution in [1.29, 1.82) is 0 Å². The van der Waals surface area contributed by atoms with Crippen LogP contribution in [0.15, 0.2) is 12.2 Å². The minimum atomic E-state index is -0.579. The molecule has 3 nitrogen and oxygen atoms in total. The van der Waals surface area contributed by atoms with Gasteiger partial charge in [-0.25, -0.2) is 9.59 Å². The number of ether oxygens (including phenoxy) is 1. The van der Waals surface area contributed by atoms with E-state index in [1.807, 2.05) is 0 Å². The van der Waals surface area contributed by atoms with E-state index < -0.39 is 11.9 Å². The molecule has 0 saturated heterocycles. The maximum absolute atomic E-state index is 9.92. The van der Waals surface area contributed by atoms with Gasteiger partial charge in [0.2, 0.25) is 0 Å². The second-order valence-corrected chi connectivity index (χ2v) is 1.07. The predicted molar refractivity (Wildman–Crippen MR) is 28.8 cm³/mol. The van der Waals surface area contributed by atoms with Crippen molar-refractivity contribution in [2.24, 2.45) is 0 Å². The molecular weight excluding hydrogens is 303 g/mol. The van der Waals surface area contributed by atoms with Gasteiger partial charge in [-0.1, -0.05) is 0 Å². The van der Waals surface area contributed by atoms with E-state index in [4.69, 9.17) is 0 Å². The van der Waals surface area contributed by atoms with Crippen LogP contribution in [-0.2, 0) is 14.3 Å². The Morgan fingerprint density at radius 3 is 1.62 bits per heavy atom. The van der Waals surface area contributed by atoms with Gasteiger partial charge in [0.15, 0.2) is 0 Å². The molecule has 0 aromatic carbocycles. The van der Waals surface area contributed by atoms with Gasteiger partial charge < -0.3 is 4.74 Å². The van der Waals surface area contributed by atoms with E-state index in [2.05, 4.69) is 4.74 Å². The summed E-state index contributed by atoms with van der Waals surface area (Å²) in [5.74, 6) is -1.16. The van der Waals surface area contributed by atoms with Gasteiger partial charge in [-0.15, -0.1) is 0 Å². The Hall–Kier alpha value is -0.198. The van der Waals surface area contributed by atoms with Crippen molar-refractivity contribution in [3.8, 4) is 0 Å². The van der Waals surface area contributed by atoms with Crippen molar-refractivity contribution < 1.29 is 14.3 Å². The molecule has 1 heterocycles. The summed E-state index contributed by atoms with van der Waals surface area (Å²) in [6.07, 6.45) is 2.17. The molecule has 0 aromatic heterocycles. The molecule has 0 bridgehead atoms. The van der Waals surface area contributed by atoms with Crippen LogP contribution >= 0.6 is 0 Å². The third-order valence-electron chi connectivity index (χ3n) is 0.557. The molecular formula is C4H4O3Pb. The maximum atomic E-state index is 9.92. The van der Waals surface area contributed by atoms with E-state index in [1.165, 1.54) is 0 Å². The quantitative estimate of drug-likeness (QED) is 0.318. The molecule has 0 N–H and O–H groups in total. The summed E-state index contributed by atoms with van der Waals surface area (Å²) in [5, 5.41) is 0. The summed E-state index contributed by atoms with van der Waals surface area (Å²) in [4.78, 5) is 19.8. The molecule has 0 amide bonds. The fraction of sp³-hybridized carbons (Fsp3) is 0. The van der Waals surface area contributed by atoms with Crippen LogP contribution in [0, 0.1) is 0 Å². The van der Waals surface area contributed by atoms with Gasteiger partial charge in [-0.3, -0.25) is 0 Å². The van der Waals surface area contributed by atoms with Gasteiger partial charge in [-0.05, 0) is 0 Å². The van der Waals surface area contributed by atoms with E-state index in [1.54, 1.807) is 0 Å². The van der Waals surface area contributed by atoms with Crippen LogP contribution in [0.1, 0.15) is 0 Å². The SMILES string of the molecule is O=C1C=CC(=O)O1.[PbH2]. The molecule has 2 radical (unpaired) electrons. The average Bonchev–Trinajstić information content (AvgIpc) is 1.87. The van der Waals surface area contributed by atoms with Crippen LogP contribution in [0.4, 0.5) is 0 Å². The first-order valence-electron chi connectivity index (χ1n) is 1.73. The second kappa shape index (κ2) is 2.96. The third kappa shape index (κ3) is 1.73. The zero-order chi connectivity index (χ0) is 5.28. The number of rotatable bonds is 0. The number of carbonyl (C=O) groups excluding carboxylic acids is 2. The summed E-state index contributed by atoms with van der Waals surface area (Å²) in [6.45, 7) is 0. The van der Waals surface area contributed by atoms with Gasteiger partial charge in [0.05, 0.1) is 0 Å². The third-order valence-corrected chi connectivity index (χ3v) is 0.557. The molecule has 0 spiro atoms. The van der Waals surface area contributed by atoms with Crippen LogP contribution in [0.25, 0.3) is 0 Å². The Morgan fingerprint density at radius 2 is 1.50 bits per heavy atom. The van der Waals surface area contributed by atoms with E-state index in [-0.39, 0.29) is 27.3 Å². The van der Waals surface area contributed by atoms with E-state index in [0.29, 0.717) is 0 Å². The second-order valence-electron chi connectivity index (χ2n) is 1.07. The Kier molecular flexibility index (Phi) is 2.88. The van der Waals surface area contributed by atoms with Crippen LogP contribution < -0.4 is 0 Å². The van der Waals surface area contributed by atoms with Crippen molar-refractivity contribution in [3.63, 3.8) is 0 Å². The molecule has 0 fully saturated rings. The van der Waals surface area contributed by atoms with E-state index >= 15 is 0 Å². The van der Waals surface area contributed by atoms with E-state index in [0.717, 1.165) is 12.2 Å². The first-order valence-corrected chi connectivity index (χ1v) is 1.73. The van der Waals surface area contributed by atoms with E-state index in [9.17, 15) is 9.59 Å². The molecule has 0 atom stereocenters. The van der Waals surface area contributed by atoms with Crippen LogP contribution in [0.2, 0.25) is 0 Å². The predicted octanol–water partition coefficient (Wildman–Crippen LogP) is -1.29. The number of carbonyl (C=O) groups is 2. The molecule has 1 aliphatic rings. The first-order chi connectivity index (χ1) is 3.29.